The summed E-state index contributed by atoms with van der Waals surface area (Å²) in [4.78, 5) is 36.4. The normalized spacial score (nSPS) is 18.9. The Kier molecular flexibility index (Phi) is 6.47. The number of anilines is 1. The first-order valence-corrected chi connectivity index (χ1v) is 9.36. The third kappa shape index (κ3) is 5.00. The van der Waals surface area contributed by atoms with Gasteiger partial charge in [0, 0.05) is 17.5 Å². The highest BCUT2D eigenvalue weighted by molar-refractivity contribution is 5.95. The Morgan fingerprint density at radius 3 is 2.39 bits per heavy atom. The molecule has 0 unspecified atom stereocenters. The number of methoxy groups -OCH3 is 1. The monoisotopic (exact) mass is 384 g/mol. The van der Waals surface area contributed by atoms with E-state index < -0.39 is 5.97 Å². The van der Waals surface area contributed by atoms with E-state index in [1.807, 2.05) is 6.07 Å². The number of hydrogen-bond donors (Lipinski definition) is 2. The van der Waals surface area contributed by atoms with Crippen LogP contribution in [0.1, 0.15) is 41.8 Å². The van der Waals surface area contributed by atoms with Crippen LogP contribution in [-0.4, -0.2) is 24.9 Å². The van der Waals surface area contributed by atoms with Crippen molar-refractivity contribution in [2.75, 3.05) is 12.4 Å². The second kappa shape index (κ2) is 9.21. The Balaban J connectivity index is 1.47. The lowest BCUT2D eigenvalue weighted by atomic mass is 9.81. The van der Waals surface area contributed by atoms with Crippen LogP contribution in [0.5, 0.6) is 0 Å². The first-order chi connectivity index (χ1) is 13.6. The molecular weight excluding hydrogens is 360 g/mol. The second-order valence-electron chi connectivity index (χ2n) is 6.91. The molecule has 1 aromatic carbocycles. The van der Waals surface area contributed by atoms with Gasteiger partial charge < -0.3 is 19.8 Å². The lowest BCUT2D eigenvalue weighted by Gasteiger charge is -2.27. The fraction of sp³-hybridized carbons (Fsp3) is 0.381. The van der Waals surface area contributed by atoms with Gasteiger partial charge in [-0.2, -0.15) is 0 Å². The summed E-state index contributed by atoms with van der Waals surface area (Å²) < 4.78 is 9.90. The predicted molar refractivity (Wildman–Crippen MR) is 102 cm³/mol. The molecule has 148 valence electrons. The number of amides is 2. The minimum absolute atomic E-state index is 0.000961. The largest absolute Gasteiger partial charge is 0.467 e. The van der Waals surface area contributed by atoms with Crippen molar-refractivity contribution >= 4 is 23.5 Å². The summed E-state index contributed by atoms with van der Waals surface area (Å²) in [6.07, 6.45) is 4.23. The summed E-state index contributed by atoms with van der Waals surface area (Å²) >= 11 is 0. The average Bonchev–Trinajstić information content (AvgIpc) is 3.25. The Hall–Kier alpha value is -3.09. The molecule has 0 bridgehead atoms. The number of carbonyl (C=O) groups is 3. The van der Waals surface area contributed by atoms with Crippen molar-refractivity contribution in [1.29, 1.82) is 0 Å². The molecule has 1 aromatic heterocycles. The zero-order valence-corrected chi connectivity index (χ0v) is 15.8. The Morgan fingerprint density at radius 1 is 1.04 bits per heavy atom. The van der Waals surface area contributed by atoms with Gasteiger partial charge in [0.15, 0.2) is 0 Å². The lowest BCUT2D eigenvalue weighted by Crippen LogP contribution is -2.35. The van der Waals surface area contributed by atoms with Crippen LogP contribution in [0.3, 0.4) is 0 Å². The molecule has 0 atom stereocenters. The van der Waals surface area contributed by atoms with Crippen LogP contribution in [0.4, 0.5) is 5.69 Å². The maximum atomic E-state index is 12.5. The van der Waals surface area contributed by atoms with Crippen LogP contribution in [0.25, 0.3) is 0 Å². The minimum Gasteiger partial charge on any atom is -0.467 e. The van der Waals surface area contributed by atoms with E-state index in [4.69, 9.17) is 9.15 Å². The molecule has 7 heteroatoms. The van der Waals surface area contributed by atoms with Crippen LogP contribution in [0.2, 0.25) is 0 Å². The Bertz CT molecular complexity index is 823. The number of ether oxygens (including phenoxy) is 1. The minimum atomic E-state index is -0.447. The number of esters is 1. The maximum Gasteiger partial charge on any atom is 0.337 e. The van der Waals surface area contributed by atoms with Gasteiger partial charge in [-0.05, 0) is 56.0 Å². The van der Waals surface area contributed by atoms with Gasteiger partial charge in [0.1, 0.15) is 5.76 Å². The summed E-state index contributed by atoms with van der Waals surface area (Å²) in [5.74, 6) is -0.0390. The highest BCUT2D eigenvalue weighted by Crippen LogP contribution is 2.30. The summed E-state index contributed by atoms with van der Waals surface area (Å²) in [5, 5.41) is 5.74. The van der Waals surface area contributed by atoms with E-state index in [-0.39, 0.29) is 23.7 Å². The van der Waals surface area contributed by atoms with Gasteiger partial charge in [-0.3, -0.25) is 9.59 Å². The van der Waals surface area contributed by atoms with E-state index in [9.17, 15) is 14.4 Å². The SMILES string of the molecule is COC(=O)c1cccc(NC(=O)C2CCC(C(=O)NCc3ccco3)CC2)c1. The van der Waals surface area contributed by atoms with Crippen molar-refractivity contribution in [3.63, 3.8) is 0 Å². The average molecular weight is 384 g/mol. The van der Waals surface area contributed by atoms with E-state index in [0.717, 1.165) is 5.76 Å². The summed E-state index contributed by atoms with van der Waals surface area (Å²) in [6.45, 7) is 0.378. The molecule has 0 spiro atoms. The third-order valence-electron chi connectivity index (χ3n) is 5.04. The van der Waals surface area contributed by atoms with Crippen molar-refractivity contribution < 1.29 is 23.5 Å². The number of furan rings is 1. The molecule has 0 aliphatic heterocycles. The zero-order chi connectivity index (χ0) is 19.9. The topological polar surface area (TPSA) is 97.6 Å². The molecule has 7 nitrogen and oxygen atoms in total. The van der Waals surface area contributed by atoms with Crippen molar-refractivity contribution in [1.82, 2.24) is 5.32 Å². The van der Waals surface area contributed by atoms with Crippen molar-refractivity contribution in [3.05, 3.63) is 54.0 Å². The van der Waals surface area contributed by atoms with Crippen LogP contribution < -0.4 is 10.6 Å². The van der Waals surface area contributed by atoms with Gasteiger partial charge in [0.05, 0.1) is 25.5 Å². The summed E-state index contributed by atoms with van der Waals surface area (Å²) in [7, 11) is 1.32. The van der Waals surface area contributed by atoms with Gasteiger partial charge >= 0.3 is 5.97 Å². The number of hydrogen-bond acceptors (Lipinski definition) is 5. The molecule has 28 heavy (non-hydrogen) atoms. The number of benzene rings is 1. The zero-order valence-electron chi connectivity index (χ0n) is 15.8. The fourth-order valence-electron chi connectivity index (χ4n) is 3.44. The number of nitrogens with one attached hydrogen (secondary N) is 2. The lowest BCUT2D eigenvalue weighted by molar-refractivity contribution is -0.128. The molecule has 1 saturated carbocycles. The van der Waals surface area contributed by atoms with Gasteiger partial charge in [-0.25, -0.2) is 4.79 Å². The Labute approximate surface area is 163 Å². The van der Waals surface area contributed by atoms with Gasteiger partial charge in [0.25, 0.3) is 0 Å². The molecule has 2 aromatic rings. The van der Waals surface area contributed by atoms with Gasteiger partial charge in [-0.15, -0.1) is 0 Å². The van der Waals surface area contributed by atoms with Crippen LogP contribution in [0.15, 0.2) is 47.1 Å². The third-order valence-corrected chi connectivity index (χ3v) is 5.04. The molecule has 1 fully saturated rings. The molecule has 0 radical (unpaired) electrons. The van der Waals surface area contributed by atoms with E-state index in [0.29, 0.717) is 43.5 Å². The fourth-order valence-corrected chi connectivity index (χ4v) is 3.44. The smallest absolute Gasteiger partial charge is 0.337 e. The van der Waals surface area contributed by atoms with E-state index in [2.05, 4.69) is 10.6 Å². The van der Waals surface area contributed by atoms with Crippen LogP contribution in [0, 0.1) is 11.8 Å². The van der Waals surface area contributed by atoms with Gasteiger partial charge in [0.2, 0.25) is 11.8 Å². The maximum absolute atomic E-state index is 12.5. The van der Waals surface area contributed by atoms with Crippen molar-refractivity contribution in [3.8, 4) is 0 Å². The molecule has 1 heterocycles. The Morgan fingerprint density at radius 2 is 1.75 bits per heavy atom. The van der Waals surface area contributed by atoms with E-state index >= 15 is 0 Å². The highest BCUT2D eigenvalue weighted by atomic mass is 16.5. The predicted octanol–water partition coefficient (Wildman–Crippen LogP) is 3.13. The molecule has 1 aliphatic carbocycles. The van der Waals surface area contributed by atoms with E-state index in [1.54, 1.807) is 36.6 Å². The first kappa shape index (κ1) is 19.7. The molecule has 2 amide bonds. The van der Waals surface area contributed by atoms with Crippen LogP contribution >= 0.6 is 0 Å². The molecule has 1 aliphatic rings. The van der Waals surface area contributed by atoms with Gasteiger partial charge in [-0.1, -0.05) is 6.07 Å². The number of carbonyl (C=O) groups excluding carboxylic acids is 3. The van der Waals surface area contributed by atoms with E-state index in [1.165, 1.54) is 7.11 Å². The summed E-state index contributed by atoms with van der Waals surface area (Å²) in [5.41, 5.74) is 0.948. The quantitative estimate of drug-likeness (QED) is 0.746. The molecule has 0 saturated heterocycles. The number of rotatable bonds is 6. The highest BCUT2D eigenvalue weighted by Gasteiger charge is 2.30. The standard InChI is InChI=1S/C21H24N2O5/c1-27-21(26)16-4-2-5-17(12-16)23-20(25)15-9-7-14(8-10-15)19(24)22-13-18-6-3-11-28-18/h2-6,11-12,14-15H,7-10,13H2,1H3,(H,22,24)(H,23,25). The molecule has 3 rings (SSSR count). The van der Waals surface area contributed by atoms with Crippen LogP contribution in [-0.2, 0) is 20.9 Å². The molecular formula is C21H24N2O5. The second-order valence-corrected chi connectivity index (χ2v) is 6.91. The van der Waals surface area contributed by atoms with Crippen molar-refractivity contribution in [2.45, 2.75) is 32.2 Å². The first-order valence-electron chi connectivity index (χ1n) is 9.36. The van der Waals surface area contributed by atoms with Crippen molar-refractivity contribution in [2.24, 2.45) is 11.8 Å². The molecule has 2 N–H and O–H groups in total. The summed E-state index contributed by atoms with van der Waals surface area (Å²) in [6, 6.07) is 10.3.